The van der Waals surface area contributed by atoms with Crippen molar-refractivity contribution < 1.29 is 4.74 Å². The van der Waals surface area contributed by atoms with E-state index < -0.39 is 0 Å². The standard InChI is InChI=1S/C18H29BrN4OS/c1-18(2,25-16-7-5-14(19)6-8-16)13-22-17(20-3)21-11-15-12-23(4)9-10-24-15/h5-8,15H,9-13H2,1-4H3,(H2,20,21,22). The number of nitrogens with zero attached hydrogens (tertiary/aromatic N) is 2. The molecule has 0 radical (unpaired) electrons. The lowest BCUT2D eigenvalue weighted by Gasteiger charge is -2.31. The smallest absolute Gasteiger partial charge is 0.191 e. The zero-order valence-corrected chi connectivity index (χ0v) is 17.9. The molecule has 1 unspecified atom stereocenters. The van der Waals surface area contributed by atoms with Crippen LogP contribution in [0.1, 0.15) is 13.8 Å². The van der Waals surface area contributed by atoms with Crippen LogP contribution < -0.4 is 10.6 Å². The van der Waals surface area contributed by atoms with Gasteiger partial charge in [-0.2, -0.15) is 0 Å². The van der Waals surface area contributed by atoms with E-state index in [2.05, 4.69) is 81.6 Å². The average molecular weight is 429 g/mol. The zero-order chi connectivity index (χ0) is 18.3. The summed E-state index contributed by atoms with van der Waals surface area (Å²) in [5.74, 6) is 0.821. The summed E-state index contributed by atoms with van der Waals surface area (Å²) >= 11 is 5.34. The molecule has 1 saturated heterocycles. The highest BCUT2D eigenvalue weighted by atomic mass is 79.9. The highest BCUT2D eigenvalue weighted by Gasteiger charge is 2.21. The van der Waals surface area contributed by atoms with Crippen molar-refractivity contribution in [1.29, 1.82) is 0 Å². The number of nitrogens with one attached hydrogen (secondary N) is 2. The minimum absolute atomic E-state index is 0.0486. The van der Waals surface area contributed by atoms with Crippen molar-refractivity contribution in [2.45, 2.75) is 29.6 Å². The molecule has 0 aliphatic carbocycles. The number of ether oxygens (including phenoxy) is 1. The van der Waals surface area contributed by atoms with Gasteiger partial charge in [-0.15, -0.1) is 11.8 Å². The van der Waals surface area contributed by atoms with Gasteiger partial charge in [-0.25, -0.2) is 0 Å². The fraction of sp³-hybridized carbons (Fsp3) is 0.611. The van der Waals surface area contributed by atoms with Crippen molar-refractivity contribution in [3.8, 4) is 0 Å². The maximum atomic E-state index is 5.78. The van der Waals surface area contributed by atoms with E-state index >= 15 is 0 Å². The molecule has 1 heterocycles. The summed E-state index contributed by atoms with van der Waals surface area (Å²) in [6.07, 6.45) is 0.211. The van der Waals surface area contributed by atoms with Crippen LogP contribution >= 0.6 is 27.7 Å². The molecule has 1 aromatic carbocycles. The molecular formula is C18H29BrN4OS. The third-order valence-electron chi connectivity index (χ3n) is 3.95. The van der Waals surface area contributed by atoms with Crippen LogP contribution in [0.5, 0.6) is 0 Å². The lowest BCUT2D eigenvalue weighted by molar-refractivity contribution is -0.0161. The number of benzene rings is 1. The number of likely N-dealkylation sites (N-methyl/N-ethyl adjacent to an activating group) is 1. The van der Waals surface area contributed by atoms with Crippen molar-refractivity contribution in [3.05, 3.63) is 28.7 Å². The SMILES string of the molecule is CN=C(NCC1CN(C)CCO1)NCC(C)(C)Sc1ccc(Br)cc1. The second-order valence-electron chi connectivity index (χ2n) is 6.88. The largest absolute Gasteiger partial charge is 0.374 e. The molecule has 0 amide bonds. The Morgan fingerprint density at radius 1 is 1.36 bits per heavy atom. The number of rotatable bonds is 6. The Balaban J connectivity index is 1.77. The van der Waals surface area contributed by atoms with Gasteiger partial charge in [0.05, 0.1) is 12.7 Å². The molecule has 1 aliphatic rings. The summed E-state index contributed by atoms with van der Waals surface area (Å²) in [4.78, 5) is 7.88. The number of hydrogen-bond acceptors (Lipinski definition) is 4. The van der Waals surface area contributed by atoms with Gasteiger partial charge in [0, 0.05) is 47.3 Å². The molecule has 1 atom stereocenters. The number of thioether (sulfide) groups is 1. The monoisotopic (exact) mass is 428 g/mol. The minimum atomic E-state index is 0.0486. The van der Waals surface area contributed by atoms with Gasteiger partial charge >= 0.3 is 0 Å². The number of aliphatic imine (C=N–C) groups is 1. The lowest BCUT2D eigenvalue weighted by atomic mass is 10.2. The van der Waals surface area contributed by atoms with E-state index in [0.29, 0.717) is 0 Å². The molecule has 2 rings (SSSR count). The lowest BCUT2D eigenvalue weighted by Crippen LogP contribution is -2.49. The number of hydrogen-bond donors (Lipinski definition) is 2. The molecule has 1 aliphatic heterocycles. The van der Waals surface area contributed by atoms with Crippen molar-refractivity contribution in [3.63, 3.8) is 0 Å². The molecule has 25 heavy (non-hydrogen) atoms. The third kappa shape index (κ3) is 7.56. The van der Waals surface area contributed by atoms with Crippen molar-refractivity contribution in [2.75, 3.05) is 46.9 Å². The normalized spacial score (nSPS) is 19.7. The second-order valence-corrected chi connectivity index (χ2v) is 9.57. The molecule has 7 heteroatoms. The quantitative estimate of drug-likeness (QED) is 0.414. The molecule has 0 saturated carbocycles. The van der Waals surface area contributed by atoms with Crippen LogP contribution in [0.4, 0.5) is 0 Å². The number of guanidine groups is 1. The second kappa shape index (κ2) is 9.80. The Kier molecular flexibility index (Phi) is 8.06. The predicted octanol–water partition coefficient (Wildman–Crippen LogP) is 2.82. The Morgan fingerprint density at radius 3 is 2.72 bits per heavy atom. The molecule has 0 bridgehead atoms. The van der Waals surface area contributed by atoms with Crippen LogP contribution in [0, 0.1) is 0 Å². The molecule has 1 fully saturated rings. The number of morpholine rings is 1. The number of halogens is 1. The van der Waals surface area contributed by atoms with E-state index in [1.165, 1.54) is 4.90 Å². The van der Waals surface area contributed by atoms with Crippen molar-refractivity contribution in [2.24, 2.45) is 4.99 Å². The molecule has 5 nitrogen and oxygen atoms in total. The van der Waals surface area contributed by atoms with Crippen LogP contribution in [0.25, 0.3) is 0 Å². The van der Waals surface area contributed by atoms with Crippen LogP contribution in [0.3, 0.4) is 0 Å². The topological polar surface area (TPSA) is 48.9 Å². The molecule has 2 N–H and O–H groups in total. The van der Waals surface area contributed by atoms with Gasteiger partial charge in [-0.3, -0.25) is 4.99 Å². The molecule has 140 valence electrons. The first kappa shape index (κ1) is 20.6. The maximum absolute atomic E-state index is 5.78. The summed E-state index contributed by atoms with van der Waals surface area (Å²) < 4.78 is 6.94. The van der Waals surface area contributed by atoms with Crippen LogP contribution in [-0.4, -0.2) is 68.6 Å². The summed E-state index contributed by atoms with van der Waals surface area (Å²) in [5.41, 5.74) is 0. The maximum Gasteiger partial charge on any atom is 0.191 e. The first-order chi connectivity index (χ1) is 11.9. The van der Waals surface area contributed by atoms with Crippen LogP contribution in [-0.2, 0) is 4.74 Å². The van der Waals surface area contributed by atoms with Gasteiger partial charge in [0.2, 0.25) is 0 Å². The van der Waals surface area contributed by atoms with Gasteiger partial charge < -0.3 is 20.3 Å². The summed E-state index contributed by atoms with van der Waals surface area (Å²) in [6, 6.07) is 8.43. The van der Waals surface area contributed by atoms with Gasteiger partial charge in [0.1, 0.15) is 0 Å². The molecule has 0 spiro atoms. The predicted molar refractivity (Wildman–Crippen MR) is 111 cm³/mol. The fourth-order valence-electron chi connectivity index (χ4n) is 2.58. The Hall–Kier alpha value is -0.760. The summed E-state index contributed by atoms with van der Waals surface area (Å²) in [7, 11) is 3.93. The van der Waals surface area contributed by atoms with E-state index in [1.54, 1.807) is 7.05 Å². The first-order valence-corrected chi connectivity index (χ1v) is 10.2. The summed E-state index contributed by atoms with van der Waals surface area (Å²) in [5, 5.41) is 6.81. The third-order valence-corrected chi connectivity index (χ3v) is 5.69. The van der Waals surface area contributed by atoms with E-state index in [0.717, 1.165) is 43.2 Å². The van der Waals surface area contributed by atoms with Crippen LogP contribution in [0.2, 0.25) is 0 Å². The molecular weight excluding hydrogens is 400 g/mol. The van der Waals surface area contributed by atoms with Gasteiger partial charge in [-0.05, 0) is 45.2 Å². The van der Waals surface area contributed by atoms with E-state index in [4.69, 9.17) is 4.74 Å². The first-order valence-electron chi connectivity index (χ1n) is 8.57. The average Bonchev–Trinajstić information content (AvgIpc) is 2.57. The van der Waals surface area contributed by atoms with Crippen LogP contribution in [0.15, 0.2) is 38.6 Å². The van der Waals surface area contributed by atoms with E-state index in [-0.39, 0.29) is 10.9 Å². The van der Waals surface area contributed by atoms with Crippen molar-refractivity contribution in [1.82, 2.24) is 15.5 Å². The molecule has 0 aromatic heterocycles. The van der Waals surface area contributed by atoms with Gasteiger partial charge in [-0.1, -0.05) is 15.9 Å². The van der Waals surface area contributed by atoms with E-state index in [1.807, 2.05) is 11.8 Å². The minimum Gasteiger partial charge on any atom is -0.374 e. The summed E-state index contributed by atoms with van der Waals surface area (Å²) in [6.45, 7) is 8.81. The fourth-order valence-corrected chi connectivity index (χ4v) is 3.89. The van der Waals surface area contributed by atoms with Gasteiger partial charge in [0.15, 0.2) is 5.96 Å². The van der Waals surface area contributed by atoms with E-state index in [9.17, 15) is 0 Å². The van der Waals surface area contributed by atoms with Crippen molar-refractivity contribution >= 4 is 33.7 Å². The Bertz CT molecular complexity index is 565. The Labute approximate surface area is 164 Å². The molecule has 1 aromatic rings. The Morgan fingerprint density at radius 2 is 2.08 bits per heavy atom. The van der Waals surface area contributed by atoms with Gasteiger partial charge in [0.25, 0.3) is 0 Å². The highest BCUT2D eigenvalue weighted by molar-refractivity contribution is 9.10. The highest BCUT2D eigenvalue weighted by Crippen LogP contribution is 2.32. The zero-order valence-electron chi connectivity index (χ0n) is 15.5.